The average Bonchev–Trinajstić information content (AvgIpc) is 3.12. The number of benzene rings is 1. The van der Waals surface area contributed by atoms with E-state index in [0.717, 1.165) is 25.3 Å². The fourth-order valence-corrected chi connectivity index (χ4v) is 5.10. The molecule has 170 valence electrons. The molecule has 9 heteroatoms. The Bertz CT molecular complexity index is 1110. The number of piperidine rings is 1. The van der Waals surface area contributed by atoms with Crippen molar-refractivity contribution in [2.45, 2.75) is 51.6 Å². The lowest BCUT2D eigenvalue weighted by molar-refractivity contribution is -0.137. The van der Waals surface area contributed by atoms with Crippen LogP contribution in [0.2, 0.25) is 0 Å². The van der Waals surface area contributed by atoms with Crippen LogP contribution in [0, 0.1) is 24.2 Å². The van der Waals surface area contributed by atoms with Gasteiger partial charge in [0.15, 0.2) is 0 Å². The summed E-state index contributed by atoms with van der Waals surface area (Å²) in [5.41, 5.74) is 6.24. The number of aryl methyl sites for hydroxylation is 1. The Labute approximate surface area is 184 Å². The minimum Gasteiger partial charge on any atom is -0.420 e. The van der Waals surface area contributed by atoms with Gasteiger partial charge in [0.2, 0.25) is 11.8 Å². The number of halogens is 3. The van der Waals surface area contributed by atoms with E-state index in [1.54, 1.807) is 13.0 Å². The Morgan fingerprint density at radius 1 is 1.22 bits per heavy atom. The van der Waals surface area contributed by atoms with E-state index in [2.05, 4.69) is 16.3 Å². The van der Waals surface area contributed by atoms with Crippen molar-refractivity contribution in [3.63, 3.8) is 0 Å². The number of allylic oxidation sites excluding steroid dienone is 1. The summed E-state index contributed by atoms with van der Waals surface area (Å²) in [6.45, 7) is 6.89. The maximum absolute atomic E-state index is 14.0. The Hall–Kier alpha value is -3.15. The molecule has 1 fully saturated rings. The summed E-state index contributed by atoms with van der Waals surface area (Å²) in [5.74, 6) is -0.269. The van der Waals surface area contributed by atoms with E-state index >= 15 is 0 Å². The van der Waals surface area contributed by atoms with E-state index in [4.69, 9.17) is 10.5 Å². The van der Waals surface area contributed by atoms with Crippen molar-refractivity contribution in [3.8, 4) is 11.9 Å². The lowest BCUT2D eigenvalue weighted by atomic mass is 9.61. The third-order valence-corrected chi connectivity index (χ3v) is 6.56. The van der Waals surface area contributed by atoms with Crippen LogP contribution in [0.4, 0.5) is 18.9 Å². The summed E-state index contributed by atoms with van der Waals surface area (Å²) in [6, 6.07) is 6.24. The van der Waals surface area contributed by atoms with Crippen LogP contribution in [0.5, 0.6) is 5.88 Å². The van der Waals surface area contributed by atoms with E-state index in [1.165, 1.54) is 6.07 Å². The maximum Gasteiger partial charge on any atom is 0.416 e. The zero-order valence-electron chi connectivity index (χ0n) is 18.3. The molecule has 32 heavy (non-hydrogen) atoms. The molecule has 0 bridgehead atoms. The van der Waals surface area contributed by atoms with Crippen molar-refractivity contribution in [2.75, 3.05) is 18.0 Å². The molecule has 4 rings (SSSR count). The molecule has 2 aromatic rings. The molecule has 0 radical (unpaired) electrons. The summed E-state index contributed by atoms with van der Waals surface area (Å²) >= 11 is 0. The van der Waals surface area contributed by atoms with Gasteiger partial charge in [-0.15, -0.1) is 5.10 Å². The number of nitriles is 1. The number of nitrogens with zero attached hydrogens (tertiary/aromatic N) is 3. The molecule has 0 aliphatic carbocycles. The number of aromatic nitrogens is 2. The minimum absolute atomic E-state index is 0.0911. The lowest BCUT2D eigenvalue weighted by Gasteiger charge is -2.41. The number of hydrogen-bond acceptors (Lipinski definition) is 5. The van der Waals surface area contributed by atoms with Gasteiger partial charge in [-0.2, -0.15) is 18.4 Å². The van der Waals surface area contributed by atoms with Gasteiger partial charge in [-0.1, -0.05) is 13.8 Å². The summed E-state index contributed by atoms with van der Waals surface area (Å²) in [4.78, 5) is 1.98. The summed E-state index contributed by atoms with van der Waals surface area (Å²) in [5, 5.41) is 17.1. The molecule has 3 heterocycles. The van der Waals surface area contributed by atoms with Crippen molar-refractivity contribution in [2.24, 2.45) is 11.7 Å². The van der Waals surface area contributed by atoms with E-state index in [1.807, 2.05) is 18.7 Å². The minimum atomic E-state index is -4.54. The molecule has 1 aromatic heterocycles. The molecular formula is C23H26F3N5O. The fraction of sp³-hybridized carbons (Fsp3) is 0.478. The van der Waals surface area contributed by atoms with Crippen LogP contribution in [0.25, 0.3) is 0 Å². The quantitative estimate of drug-likeness (QED) is 0.711. The van der Waals surface area contributed by atoms with Crippen molar-refractivity contribution in [1.29, 1.82) is 5.26 Å². The van der Waals surface area contributed by atoms with Gasteiger partial charge in [0.25, 0.3) is 0 Å². The predicted molar refractivity (Wildman–Crippen MR) is 114 cm³/mol. The van der Waals surface area contributed by atoms with Gasteiger partial charge in [-0.25, -0.2) is 0 Å². The zero-order chi connectivity index (χ0) is 23.3. The van der Waals surface area contributed by atoms with Crippen LogP contribution < -0.4 is 15.4 Å². The zero-order valence-corrected chi connectivity index (χ0v) is 18.3. The van der Waals surface area contributed by atoms with Gasteiger partial charge < -0.3 is 15.4 Å². The topological polar surface area (TPSA) is 91.0 Å². The Morgan fingerprint density at radius 2 is 1.91 bits per heavy atom. The molecular weight excluding hydrogens is 419 g/mol. The summed E-state index contributed by atoms with van der Waals surface area (Å²) in [7, 11) is 0. The fourth-order valence-electron chi connectivity index (χ4n) is 5.10. The SMILES string of the molecule is Cc1[nH]nc2c1C(c1cc(N3CCCCC3)cc(C(F)(F)F)c1)(C(C)C)C(C#N)=C(N)O2. The van der Waals surface area contributed by atoms with Crippen molar-refractivity contribution < 1.29 is 17.9 Å². The molecule has 2 aliphatic heterocycles. The van der Waals surface area contributed by atoms with Gasteiger partial charge >= 0.3 is 6.18 Å². The third-order valence-electron chi connectivity index (χ3n) is 6.56. The van der Waals surface area contributed by atoms with Crippen LogP contribution in [0.1, 0.15) is 55.5 Å². The Morgan fingerprint density at radius 3 is 2.50 bits per heavy atom. The first kappa shape index (κ1) is 22.1. The molecule has 2 aliphatic rings. The average molecular weight is 445 g/mol. The second-order valence-corrected chi connectivity index (χ2v) is 8.76. The van der Waals surface area contributed by atoms with Crippen molar-refractivity contribution in [3.05, 3.63) is 52.0 Å². The summed E-state index contributed by atoms with van der Waals surface area (Å²) in [6.07, 6.45) is -1.63. The Balaban J connectivity index is 2.07. The standard InChI is InChI=1S/C23H26F3N5O/c1-13(2)22(18(12-27)20(28)32-21-19(22)14(3)29-30-21)15-9-16(23(24,25)26)11-17(10-15)31-7-5-4-6-8-31/h9-11,13H,4-8,28H2,1-3H3,(H,29,30). The highest BCUT2D eigenvalue weighted by Gasteiger charge is 2.51. The van der Waals surface area contributed by atoms with Crippen LogP contribution >= 0.6 is 0 Å². The summed E-state index contributed by atoms with van der Waals surface area (Å²) < 4.78 is 47.6. The highest BCUT2D eigenvalue weighted by molar-refractivity contribution is 5.65. The van der Waals surface area contributed by atoms with E-state index in [0.29, 0.717) is 35.6 Å². The second-order valence-electron chi connectivity index (χ2n) is 8.76. The first-order chi connectivity index (χ1) is 15.1. The van der Waals surface area contributed by atoms with E-state index in [9.17, 15) is 18.4 Å². The number of rotatable bonds is 3. The van der Waals surface area contributed by atoms with Gasteiger partial charge in [-0.05, 0) is 55.9 Å². The number of aromatic amines is 1. The molecule has 0 spiro atoms. The number of H-pyrrole nitrogens is 1. The van der Waals surface area contributed by atoms with E-state index < -0.39 is 17.2 Å². The van der Waals surface area contributed by atoms with Crippen molar-refractivity contribution in [1.82, 2.24) is 10.2 Å². The normalized spacial score (nSPS) is 21.4. The molecule has 6 nitrogen and oxygen atoms in total. The third kappa shape index (κ3) is 3.29. The molecule has 1 aromatic carbocycles. The Kier molecular flexibility index (Phi) is 5.35. The number of nitrogens with one attached hydrogen (secondary N) is 1. The molecule has 1 atom stereocenters. The van der Waals surface area contributed by atoms with Gasteiger partial charge in [-0.3, -0.25) is 5.10 Å². The number of nitrogens with two attached hydrogens (primary N) is 1. The first-order valence-corrected chi connectivity index (χ1v) is 10.7. The van der Waals surface area contributed by atoms with E-state index in [-0.39, 0.29) is 23.3 Å². The van der Waals surface area contributed by atoms with Crippen LogP contribution in [0.15, 0.2) is 29.7 Å². The number of alkyl halides is 3. The largest absolute Gasteiger partial charge is 0.420 e. The molecule has 1 saturated heterocycles. The monoisotopic (exact) mass is 445 g/mol. The molecule has 3 N–H and O–H groups in total. The number of fused-ring (bicyclic) bond motifs is 1. The number of ether oxygens (including phenoxy) is 1. The number of hydrogen-bond donors (Lipinski definition) is 2. The first-order valence-electron chi connectivity index (χ1n) is 10.7. The maximum atomic E-state index is 14.0. The molecule has 0 saturated carbocycles. The van der Waals surface area contributed by atoms with Gasteiger partial charge in [0.1, 0.15) is 11.6 Å². The molecule has 1 unspecified atom stereocenters. The smallest absolute Gasteiger partial charge is 0.416 e. The van der Waals surface area contributed by atoms with Crippen LogP contribution in [-0.2, 0) is 11.6 Å². The van der Waals surface area contributed by atoms with Gasteiger partial charge in [0, 0.05) is 24.5 Å². The molecule has 0 amide bonds. The number of anilines is 1. The highest BCUT2D eigenvalue weighted by atomic mass is 19.4. The van der Waals surface area contributed by atoms with Gasteiger partial charge in [0.05, 0.1) is 16.5 Å². The predicted octanol–water partition coefficient (Wildman–Crippen LogP) is 4.76. The highest BCUT2D eigenvalue weighted by Crippen LogP contribution is 2.53. The van der Waals surface area contributed by atoms with Crippen LogP contribution in [-0.4, -0.2) is 23.3 Å². The second kappa shape index (κ2) is 7.76. The van der Waals surface area contributed by atoms with Crippen molar-refractivity contribution >= 4 is 5.69 Å². The van der Waals surface area contributed by atoms with Crippen LogP contribution in [0.3, 0.4) is 0 Å². The lowest BCUT2D eigenvalue weighted by Crippen LogP contribution is -2.42.